The fourth-order valence-corrected chi connectivity index (χ4v) is 1.85. The van der Waals surface area contributed by atoms with Crippen molar-refractivity contribution in [1.29, 1.82) is 0 Å². The Morgan fingerprint density at radius 2 is 2.17 bits per heavy atom. The van der Waals surface area contributed by atoms with Gasteiger partial charge in [0.1, 0.15) is 12.2 Å². The summed E-state index contributed by atoms with van der Waals surface area (Å²) in [7, 11) is 0. The van der Waals surface area contributed by atoms with Crippen LogP contribution in [-0.4, -0.2) is 30.3 Å². The number of ether oxygens (including phenoxy) is 2. The number of hydrogen-bond donors (Lipinski definition) is 0. The Morgan fingerprint density at radius 1 is 1.42 bits per heavy atom. The summed E-state index contributed by atoms with van der Waals surface area (Å²) in [6.07, 6.45) is 3.15. The Kier molecular flexibility index (Phi) is 1.73. The van der Waals surface area contributed by atoms with E-state index in [1.807, 2.05) is 20.1 Å². The maximum Gasteiger partial charge on any atom is 0.164 e. The highest BCUT2D eigenvalue weighted by molar-refractivity contribution is 5.68. The van der Waals surface area contributed by atoms with Crippen molar-refractivity contribution in [3.8, 4) is 0 Å². The Morgan fingerprint density at radius 3 is 2.83 bits per heavy atom. The maximum atomic E-state index is 5.73. The van der Waals surface area contributed by atoms with E-state index in [1.54, 1.807) is 0 Å². The quantitative estimate of drug-likeness (QED) is 0.593. The van der Waals surface area contributed by atoms with E-state index in [-0.39, 0.29) is 12.2 Å². The Hall–Kier alpha value is -0.410. The molecular formula is C9H15NO2. The second kappa shape index (κ2) is 2.54. The van der Waals surface area contributed by atoms with Crippen molar-refractivity contribution in [2.24, 2.45) is 4.99 Å². The second-order valence-electron chi connectivity index (χ2n) is 3.84. The first-order valence-corrected chi connectivity index (χ1v) is 4.51. The number of hydrogen-bond acceptors (Lipinski definition) is 3. The first-order valence-electron chi connectivity index (χ1n) is 4.51. The summed E-state index contributed by atoms with van der Waals surface area (Å²) in [5.41, 5.74) is 0. The van der Waals surface area contributed by atoms with Gasteiger partial charge in [0.05, 0.1) is 6.04 Å². The fraction of sp³-hybridized carbons (Fsp3) is 0.889. The molecule has 0 aliphatic carbocycles. The highest BCUT2D eigenvalue weighted by Gasteiger charge is 2.46. The van der Waals surface area contributed by atoms with Crippen LogP contribution in [0.15, 0.2) is 4.99 Å². The van der Waals surface area contributed by atoms with Gasteiger partial charge in [0.25, 0.3) is 0 Å². The maximum absolute atomic E-state index is 5.73. The molecule has 3 heteroatoms. The third-order valence-electron chi connectivity index (χ3n) is 2.39. The Balaban J connectivity index is 2.11. The van der Waals surface area contributed by atoms with Gasteiger partial charge in [-0.05, 0) is 20.3 Å². The van der Waals surface area contributed by atoms with E-state index in [0.717, 1.165) is 6.42 Å². The van der Waals surface area contributed by atoms with Crippen molar-refractivity contribution in [2.45, 2.75) is 51.2 Å². The molecule has 0 amide bonds. The molecule has 1 fully saturated rings. The molecular weight excluding hydrogens is 154 g/mol. The summed E-state index contributed by atoms with van der Waals surface area (Å²) < 4.78 is 11.4. The third-order valence-corrected chi connectivity index (χ3v) is 2.39. The second-order valence-corrected chi connectivity index (χ2v) is 3.84. The number of rotatable bonds is 1. The van der Waals surface area contributed by atoms with E-state index < -0.39 is 5.79 Å². The summed E-state index contributed by atoms with van der Waals surface area (Å²) in [4.78, 5) is 4.33. The normalized spacial score (nSPS) is 43.4. The molecule has 12 heavy (non-hydrogen) atoms. The standard InChI is InChI=1S/C9H15NO2/c1-4-6-8-7(5-10-6)11-9(2,3)12-8/h5-8H,4H2,1-3H3/t6-,7?,8-/m1/s1. The van der Waals surface area contributed by atoms with Gasteiger partial charge >= 0.3 is 0 Å². The zero-order chi connectivity index (χ0) is 8.77. The molecule has 1 saturated heterocycles. The average molecular weight is 169 g/mol. The summed E-state index contributed by atoms with van der Waals surface area (Å²) in [6.45, 7) is 6.02. The molecule has 2 rings (SSSR count). The van der Waals surface area contributed by atoms with Crippen LogP contribution >= 0.6 is 0 Å². The molecule has 0 aromatic heterocycles. The van der Waals surface area contributed by atoms with Crippen LogP contribution in [0.2, 0.25) is 0 Å². The van der Waals surface area contributed by atoms with E-state index in [4.69, 9.17) is 9.47 Å². The summed E-state index contributed by atoms with van der Waals surface area (Å²) in [5, 5.41) is 0. The molecule has 2 heterocycles. The van der Waals surface area contributed by atoms with Gasteiger partial charge in [-0.15, -0.1) is 0 Å². The van der Waals surface area contributed by atoms with Crippen molar-refractivity contribution >= 4 is 6.21 Å². The lowest BCUT2D eigenvalue weighted by atomic mass is 10.1. The van der Waals surface area contributed by atoms with Gasteiger partial charge < -0.3 is 9.47 Å². The smallest absolute Gasteiger partial charge is 0.164 e. The Bertz CT molecular complexity index is 213. The van der Waals surface area contributed by atoms with E-state index in [0.29, 0.717) is 6.04 Å². The van der Waals surface area contributed by atoms with Crippen LogP contribution in [0.4, 0.5) is 0 Å². The highest BCUT2D eigenvalue weighted by Crippen LogP contribution is 2.33. The van der Waals surface area contributed by atoms with E-state index in [2.05, 4.69) is 11.9 Å². The van der Waals surface area contributed by atoms with E-state index >= 15 is 0 Å². The van der Waals surface area contributed by atoms with Crippen molar-refractivity contribution in [2.75, 3.05) is 0 Å². The highest BCUT2D eigenvalue weighted by atomic mass is 16.8. The lowest BCUT2D eigenvalue weighted by Crippen LogP contribution is -2.28. The monoisotopic (exact) mass is 169 g/mol. The van der Waals surface area contributed by atoms with Crippen LogP contribution < -0.4 is 0 Å². The Labute approximate surface area is 72.8 Å². The molecule has 0 bridgehead atoms. The third kappa shape index (κ3) is 1.17. The van der Waals surface area contributed by atoms with Gasteiger partial charge in [-0.25, -0.2) is 0 Å². The van der Waals surface area contributed by atoms with Crippen LogP contribution in [0, 0.1) is 0 Å². The molecule has 0 saturated carbocycles. The molecule has 1 unspecified atom stereocenters. The van der Waals surface area contributed by atoms with Crippen molar-refractivity contribution in [1.82, 2.24) is 0 Å². The first kappa shape index (κ1) is 8.20. The number of aliphatic imine (C=N–C) groups is 1. The van der Waals surface area contributed by atoms with Crippen molar-refractivity contribution in [3.63, 3.8) is 0 Å². The van der Waals surface area contributed by atoms with E-state index in [9.17, 15) is 0 Å². The zero-order valence-electron chi connectivity index (χ0n) is 7.78. The SMILES string of the molecule is CC[C@H]1N=CC2OC(C)(C)O[C@@H]21. The zero-order valence-corrected chi connectivity index (χ0v) is 7.78. The molecule has 0 radical (unpaired) electrons. The van der Waals surface area contributed by atoms with Gasteiger partial charge in [-0.3, -0.25) is 4.99 Å². The van der Waals surface area contributed by atoms with Gasteiger partial charge in [0.15, 0.2) is 5.79 Å². The molecule has 0 aromatic carbocycles. The van der Waals surface area contributed by atoms with E-state index in [1.165, 1.54) is 0 Å². The fourth-order valence-electron chi connectivity index (χ4n) is 1.85. The van der Waals surface area contributed by atoms with Crippen LogP contribution in [-0.2, 0) is 9.47 Å². The molecule has 2 aliphatic heterocycles. The molecule has 68 valence electrons. The van der Waals surface area contributed by atoms with Gasteiger partial charge in [0, 0.05) is 6.21 Å². The topological polar surface area (TPSA) is 30.8 Å². The molecule has 0 spiro atoms. The van der Waals surface area contributed by atoms with Gasteiger partial charge in [-0.2, -0.15) is 0 Å². The lowest BCUT2D eigenvalue weighted by molar-refractivity contribution is -0.144. The first-order chi connectivity index (χ1) is 5.62. The minimum absolute atomic E-state index is 0.0879. The van der Waals surface area contributed by atoms with Gasteiger partial charge in [-0.1, -0.05) is 6.92 Å². The lowest BCUT2D eigenvalue weighted by Gasteiger charge is -2.19. The number of fused-ring (bicyclic) bond motifs is 1. The van der Waals surface area contributed by atoms with Crippen molar-refractivity contribution in [3.05, 3.63) is 0 Å². The molecule has 2 aliphatic rings. The molecule has 3 atom stereocenters. The minimum atomic E-state index is -0.421. The predicted octanol–water partition coefficient (Wildman–Crippen LogP) is 1.37. The van der Waals surface area contributed by atoms with Crippen LogP contribution in [0.25, 0.3) is 0 Å². The van der Waals surface area contributed by atoms with Gasteiger partial charge in [0.2, 0.25) is 0 Å². The summed E-state index contributed by atoms with van der Waals surface area (Å²) >= 11 is 0. The van der Waals surface area contributed by atoms with Crippen LogP contribution in [0.3, 0.4) is 0 Å². The molecule has 3 nitrogen and oxygen atoms in total. The number of nitrogens with zero attached hydrogens (tertiary/aromatic N) is 1. The largest absolute Gasteiger partial charge is 0.342 e. The molecule has 0 N–H and O–H groups in total. The van der Waals surface area contributed by atoms with Crippen LogP contribution in [0.1, 0.15) is 27.2 Å². The predicted molar refractivity (Wildman–Crippen MR) is 46.4 cm³/mol. The summed E-state index contributed by atoms with van der Waals surface area (Å²) in [6, 6.07) is 0.303. The van der Waals surface area contributed by atoms with Crippen LogP contribution in [0.5, 0.6) is 0 Å². The minimum Gasteiger partial charge on any atom is -0.342 e. The molecule has 0 aromatic rings. The summed E-state index contributed by atoms with van der Waals surface area (Å²) in [5.74, 6) is -0.421. The average Bonchev–Trinajstić information content (AvgIpc) is 2.42. The van der Waals surface area contributed by atoms with Crippen molar-refractivity contribution < 1.29 is 9.47 Å².